The summed E-state index contributed by atoms with van der Waals surface area (Å²) < 4.78 is 0. The summed E-state index contributed by atoms with van der Waals surface area (Å²) in [6.45, 7) is 7.35. The van der Waals surface area contributed by atoms with Crippen molar-refractivity contribution in [2.24, 2.45) is 5.92 Å². The quantitative estimate of drug-likeness (QED) is 0.325. The summed E-state index contributed by atoms with van der Waals surface area (Å²) in [7, 11) is 0. The molecule has 18 heavy (non-hydrogen) atoms. The molecule has 0 saturated carbocycles. The molecule has 1 unspecified atom stereocenters. The van der Waals surface area contributed by atoms with Gasteiger partial charge in [0, 0.05) is 12.0 Å². The first-order valence-corrected chi connectivity index (χ1v) is 5.63. The minimum atomic E-state index is -1.56. The van der Waals surface area contributed by atoms with Gasteiger partial charge in [-0.3, -0.25) is 0 Å². The van der Waals surface area contributed by atoms with E-state index in [0.29, 0.717) is 6.42 Å². The zero-order valence-corrected chi connectivity index (χ0v) is 16.1. The minimum Gasteiger partial charge on any atom is -0.549 e. The first-order chi connectivity index (χ1) is 7.47. The molecule has 7 heteroatoms. The van der Waals surface area contributed by atoms with Crippen molar-refractivity contribution in [1.29, 1.82) is 0 Å². The Morgan fingerprint density at radius 3 is 1.61 bits per heavy atom. The maximum Gasteiger partial charge on any atom is 1.00 e. The average molecular weight is 275 g/mol. The van der Waals surface area contributed by atoms with Crippen LogP contribution in [0.25, 0.3) is 0 Å². The predicted molar refractivity (Wildman–Crippen MR) is 55.1 cm³/mol. The maximum absolute atomic E-state index is 10.6. The number of carbonyl (C=O) groups is 2. The Kier molecular flexibility index (Phi) is 17.2. The Morgan fingerprint density at radius 1 is 1.00 bits per heavy atom. The van der Waals surface area contributed by atoms with E-state index in [0.717, 1.165) is 13.1 Å². The van der Waals surface area contributed by atoms with Crippen LogP contribution < -0.4 is 69.3 Å². The van der Waals surface area contributed by atoms with Crippen LogP contribution in [0.1, 0.15) is 33.6 Å². The van der Waals surface area contributed by atoms with Crippen molar-refractivity contribution in [3.05, 3.63) is 0 Å². The van der Waals surface area contributed by atoms with E-state index in [2.05, 4.69) is 0 Å². The smallest absolute Gasteiger partial charge is 0.549 e. The molecule has 0 aromatic rings. The topological polar surface area (TPSA) is 83.5 Å². The first kappa shape index (κ1) is 24.0. The van der Waals surface area contributed by atoms with Gasteiger partial charge in [-0.15, -0.1) is 0 Å². The fourth-order valence-electron chi connectivity index (χ4n) is 1.87. The summed E-state index contributed by atoms with van der Waals surface area (Å²) in [4.78, 5) is 23.3. The van der Waals surface area contributed by atoms with Crippen molar-refractivity contribution in [3.63, 3.8) is 0 Å². The van der Waals surface area contributed by atoms with E-state index in [1.54, 1.807) is 0 Å². The number of hydrogen-bond donors (Lipinski definition) is 0. The number of nitrogens with zero attached hydrogens (tertiary/aromatic N) is 1. The number of rotatable bonds is 8. The van der Waals surface area contributed by atoms with Gasteiger partial charge in [0.2, 0.25) is 0 Å². The van der Waals surface area contributed by atoms with E-state index in [1.165, 1.54) is 0 Å². The van der Waals surface area contributed by atoms with E-state index >= 15 is 0 Å². The van der Waals surface area contributed by atoms with Crippen LogP contribution in [-0.2, 0) is 9.59 Å². The summed E-state index contributed by atoms with van der Waals surface area (Å²) in [6, 6.07) is -0.0594. The molecule has 0 aromatic carbocycles. The second-order valence-electron chi connectivity index (χ2n) is 3.71. The molecule has 0 rings (SSSR count). The third-order valence-corrected chi connectivity index (χ3v) is 2.88. The zero-order chi connectivity index (χ0) is 12.7. The molecule has 0 spiro atoms. The molecule has 0 radical (unpaired) electrons. The number of carbonyl (C=O) groups excluding carboxylic acids is 2. The molecule has 0 N–H and O–H groups in total. The number of hydrogen-bond acceptors (Lipinski definition) is 5. The molecule has 0 aliphatic carbocycles. The SMILES string of the molecule is CCC(CC(C(=O)[O-])C(=O)[O-])N(CC)CC.[Na+].[Na+]. The van der Waals surface area contributed by atoms with Crippen LogP contribution in [0.5, 0.6) is 0 Å². The molecule has 1 atom stereocenters. The summed E-state index contributed by atoms with van der Waals surface area (Å²) in [5, 5.41) is 21.3. The average Bonchev–Trinajstić information content (AvgIpc) is 2.23. The molecular weight excluding hydrogens is 256 g/mol. The number of carboxylic acids is 2. The molecule has 0 heterocycles. The van der Waals surface area contributed by atoms with Gasteiger partial charge >= 0.3 is 59.1 Å². The van der Waals surface area contributed by atoms with Crippen molar-refractivity contribution in [2.75, 3.05) is 13.1 Å². The molecule has 0 fully saturated rings. The van der Waals surface area contributed by atoms with Gasteiger partial charge in [0.15, 0.2) is 0 Å². The Hall–Kier alpha value is 0.900. The summed E-state index contributed by atoms with van der Waals surface area (Å²) in [5.74, 6) is -4.65. The second-order valence-corrected chi connectivity index (χ2v) is 3.71. The molecule has 0 bridgehead atoms. The van der Waals surface area contributed by atoms with E-state index in [-0.39, 0.29) is 71.6 Å². The van der Waals surface area contributed by atoms with E-state index < -0.39 is 17.9 Å². The van der Waals surface area contributed by atoms with Crippen molar-refractivity contribution >= 4 is 11.9 Å². The van der Waals surface area contributed by atoms with Gasteiger partial charge in [0.05, 0.1) is 11.9 Å². The number of carboxylic acid groups (broad SMARTS) is 2. The molecular formula is C11H19NNa2O4. The second kappa shape index (κ2) is 12.9. The fraction of sp³-hybridized carbons (Fsp3) is 0.818. The molecule has 0 aromatic heterocycles. The van der Waals surface area contributed by atoms with Crippen LogP contribution in [-0.4, -0.2) is 36.0 Å². The van der Waals surface area contributed by atoms with Crippen molar-refractivity contribution in [3.8, 4) is 0 Å². The molecule has 0 saturated heterocycles. The zero-order valence-electron chi connectivity index (χ0n) is 12.1. The Balaban J connectivity index is -0.00000112. The molecule has 0 amide bonds. The van der Waals surface area contributed by atoms with E-state index in [1.807, 2.05) is 25.7 Å². The van der Waals surface area contributed by atoms with Crippen LogP contribution in [0.3, 0.4) is 0 Å². The normalized spacial score (nSPS) is 11.6. The van der Waals surface area contributed by atoms with Crippen LogP contribution in [0.4, 0.5) is 0 Å². The van der Waals surface area contributed by atoms with Crippen LogP contribution >= 0.6 is 0 Å². The number of aliphatic carboxylic acids is 2. The standard InChI is InChI=1S/C11H21NO4.2Na/c1-4-8(12(5-2)6-3)7-9(10(13)14)11(15)16;;/h8-9H,4-7H2,1-3H3,(H,13,14)(H,15,16);;/q;2*+1/p-2. The maximum atomic E-state index is 10.6. The van der Waals surface area contributed by atoms with Crippen LogP contribution in [0.2, 0.25) is 0 Å². The Labute approximate surface area is 153 Å². The van der Waals surface area contributed by atoms with E-state index in [4.69, 9.17) is 0 Å². The van der Waals surface area contributed by atoms with E-state index in [9.17, 15) is 19.8 Å². The Morgan fingerprint density at radius 2 is 1.39 bits per heavy atom. The van der Waals surface area contributed by atoms with Crippen molar-refractivity contribution in [2.45, 2.75) is 39.7 Å². The van der Waals surface area contributed by atoms with Gasteiger partial charge in [0.1, 0.15) is 0 Å². The monoisotopic (exact) mass is 275 g/mol. The van der Waals surface area contributed by atoms with Gasteiger partial charge < -0.3 is 24.7 Å². The van der Waals surface area contributed by atoms with Crippen molar-refractivity contribution < 1.29 is 78.9 Å². The van der Waals surface area contributed by atoms with Gasteiger partial charge in [0.25, 0.3) is 0 Å². The summed E-state index contributed by atoms with van der Waals surface area (Å²) >= 11 is 0. The molecule has 94 valence electrons. The van der Waals surface area contributed by atoms with Gasteiger partial charge in [-0.1, -0.05) is 20.8 Å². The van der Waals surface area contributed by atoms with Gasteiger partial charge in [-0.05, 0) is 25.9 Å². The predicted octanol–water partition coefficient (Wildman–Crippen LogP) is -7.38. The molecule has 5 nitrogen and oxygen atoms in total. The fourth-order valence-corrected chi connectivity index (χ4v) is 1.87. The largest absolute Gasteiger partial charge is 1.00 e. The van der Waals surface area contributed by atoms with Gasteiger partial charge in [-0.2, -0.15) is 0 Å². The third-order valence-electron chi connectivity index (χ3n) is 2.88. The minimum absolute atomic E-state index is 0. The molecule has 0 aliphatic rings. The molecule has 0 aliphatic heterocycles. The van der Waals surface area contributed by atoms with Crippen molar-refractivity contribution in [1.82, 2.24) is 4.90 Å². The Bertz CT molecular complexity index is 233. The van der Waals surface area contributed by atoms with Crippen LogP contribution in [0, 0.1) is 5.92 Å². The summed E-state index contributed by atoms with van der Waals surface area (Å²) in [6.07, 6.45) is 0.752. The third kappa shape index (κ3) is 8.15. The first-order valence-electron chi connectivity index (χ1n) is 5.63. The summed E-state index contributed by atoms with van der Waals surface area (Å²) in [5.41, 5.74) is 0. The van der Waals surface area contributed by atoms with Crippen LogP contribution in [0.15, 0.2) is 0 Å². The van der Waals surface area contributed by atoms with Gasteiger partial charge in [-0.25, -0.2) is 0 Å².